The first kappa shape index (κ1) is 23.2. The van der Waals surface area contributed by atoms with Gasteiger partial charge in [-0.15, -0.1) is 0 Å². The fourth-order valence-electron chi connectivity index (χ4n) is 11.3. The number of aliphatic hydroxyl groups excluding tert-OH is 1. The Balaban J connectivity index is 1.54. The molecule has 4 unspecified atom stereocenters. The van der Waals surface area contributed by atoms with Crippen LogP contribution in [0.1, 0.15) is 112 Å². The summed E-state index contributed by atoms with van der Waals surface area (Å²) in [7, 11) is 0. The molecule has 5 aliphatic rings. The largest absolute Gasteiger partial charge is 0.481 e. The lowest BCUT2D eigenvalue weighted by Gasteiger charge is -2.73. The highest BCUT2D eigenvalue weighted by Crippen LogP contribution is 2.76. The summed E-state index contributed by atoms with van der Waals surface area (Å²) in [6.07, 6.45) is 12.0. The summed E-state index contributed by atoms with van der Waals surface area (Å²) in [6, 6.07) is 0. The van der Waals surface area contributed by atoms with Crippen LogP contribution in [0.15, 0.2) is 0 Å². The summed E-state index contributed by atoms with van der Waals surface area (Å²) in [4.78, 5) is 12.7. The van der Waals surface area contributed by atoms with Crippen LogP contribution in [0.5, 0.6) is 0 Å². The summed E-state index contributed by atoms with van der Waals surface area (Å²) in [6.45, 7) is 14.8. The SMILES string of the molecule is C[C@H]1CCC2(C(=O)O)CC[C@@]3(C)C(CCC4[C@@]5(C)CC[C@H](O)C(C)(C)C5CC[C@]43C)[C@@H]2C1. The maximum Gasteiger partial charge on any atom is 0.309 e. The van der Waals surface area contributed by atoms with Gasteiger partial charge in [0.1, 0.15) is 0 Å². The number of carboxylic acid groups (broad SMARTS) is 1. The van der Waals surface area contributed by atoms with Gasteiger partial charge < -0.3 is 10.2 Å². The Hall–Kier alpha value is -0.570. The molecule has 0 aromatic carbocycles. The van der Waals surface area contributed by atoms with E-state index in [0.717, 1.165) is 44.9 Å². The number of hydrogen-bond acceptors (Lipinski definition) is 2. The Kier molecular flexibility index (Phi) is 5.06. The summed E-state index contributed by atoms with van der Waals surface area (Å²) in [5.41, 5.74) is 0.356. The van der Waals surface area contributed by atoms with E-state index in [-0.39, 0.29) is 22.3 Å². The van der Waals surface area contributed by atoms with Crippen LogP contribution in [0, 0.1) is 56.7 Å². The van der Waals surface area contributed by atoms with Gasteiger partial charge in [0.2, 0.25) is 0 Å². The van der Waals surface area contributed by atoms with Gasteiger partial charge in [-0.3, -0.25) is 4.79 Å². The van der Waals surface area contributed by atoms with Crippen LogP contribution in [0.4, 0.5) is 0 Å². The first-order chi connectivity index (χ1) is 14.8. The van der Waals surface area contributed by atoms with E-state index in [1.54, 1.807) is 0 Å². The molecule has 0 aliphatic heterocycles. The predicted molar refractivity (Wildman–Crippen MR) is 128 cm³/mol. The fourth-order valence-corrected chi connectivity index (χ4v) is 11.3. The molecule has 10 atom stereocenters. The Bertz CT molecular complexity index is 789. The van der Waals surface area contributed by atoms with E-state index < -0.39 is 11.4 Å². The highest BCUT2D eigenvalue weighted by Gasteiger charge is 2.70. The van der Waals surface area contributed by atoms with Gasteiger partial charge in [-0.2, -0.15) is 0 Å². The van der Waals surface area contributed by atoms with Crippen LogP contribution < -0.4 is 0 Å². The smallest absolute Gasteiger partial charge is 0.309 e. The minimum absolute atomic E-state index is 0.00406. The van der Waals surface area contributed by atoms with E-state index in [4.69, 9.17) is 0 Å². The molecule has 0 spiro atoms. The molecule has 0 amide bonds. The van der Waals surface area contributed by atoms with Crippen molar-refractivity contribution in [3.63, 3.8) is 0 Å². The average molecular weight is 445 g/mol. The van der Waals surface area contributed by atoms with Gasteiger partial charge in [0.15, 0.2) is 0 Å². The molecule has 0 bridgehead atoms. The highest BCUT2D eigenvalue weighted by molar-refractivity contribution is 5.75. The Morgan fingerprint density at radius 1 is 0.750 bits per heavy atom. The highest BCUT2D eigenvalue weighted by atomic mass is 16.4. The second kappa shape index (κ2) is 6.98. The molecular weight excluding hydrogens is 396 g/mol. The summed E-state index contributed by atoms with van der Waals surface area (Å²) in [5, 5.41) is 21.3. The van der Waals surface area contributed by atoms with Crippen molar-refractivity contribution in [3.8, 4) is 0 Å². The predicted octanol–water partition coefficient (Wildman–Crippen LogP) is 6.92. The summed E-state index contributed by atoms with van der Waals surface area (Å²) < 4.78 is 0. The van der Waals surface area contributed by atoms with E-state index in [9.17, 15) is 15.0 Å². The van der Waals surface area contributed by atoms with Crippen LogP contribution >= 0.6 is 0 Å². The van der Waals surface area contributed by atoms with Crippen molar-refractivity contribution in [1.82, 2.24) is 0 Å². The van der Waals surface area contributed by atoms with Gasteiger partial charge in [0.25, 0.3) is 0 Å². The molecule has 0 saturated heterocycles. The maximum absolute atomic E-state index is 12.7. The van der Waals surface area contributed by atoms with E-state index >= 15 is 0 Å². The van der Waals surface area contributed by atoms with Crippen molar-refractivity contribution in [2.24, 2.45) is 56.7 Å². The van der Waals surface area contributed by atoms with Crippen LogP contribution in [-0.4, -0.2) is 22.3 Å². The Labute approximate surface area is 196 Å². The standard InChI is InChI=1S/C29H48O3/c1-18-9-14-29(24(31)32)16-15-27(5)19(20(29)17-18)7-8-22-26(4)12-11-23(30)25(2,3)21(26)10-13-28(22,27)6/h18-23,30H,7-17H2,1-6H3,(H,31,32)/t18-,19?,20-,21?,22?,23-,26-,27-,28+,29?/m0/s1. The molecular formula is C29H48O3. The number of hydrogen-bond donors (Lipinski definition) is 2. The maximum atomic E-state index is 12.7. The summed E-state index contributed by atoms with van der Waals surface area (Å²) in [5.74, 6) is 2.36. The lowest BCUT2D eigenvalue weighted by Crippen LogP contribution is -2.67. The monoisotopic (exact) mass is 444 g/mol. The van der Waals surface area contributed by atoms with Gasteiger partial charge in [-0.05, 0) is 122 Å². The van der Waals surface area contributed by atoms with Crippen molar-refractivity contribution < 1.29 is 15.0 Å². The van der Waals surface area contributed by atoms with E-state index in [2.05, 4.69) is 41.5 Å². The molecule has 3 heteroatoms. The third-order valence-electron chi connectivity index (χ3n) is 13.4. The van der Waals surface area contributed by atoms with Crippen molar-refractivity contribution in [2.45, 2.75) is 118 Å². The van der Waals surface area contributed by atoms with Crippen molar-refractivity contribution in [1.29, 1.82) is 0 Å². The van der Waals surface area contributed by atoms with Crippen LogP contribution in [-0.2, 0) is 4.79 Å². The minimum atomic E-state index is -0.498. The number of carbonyl (C=O) groups is 1. The first-order valence-corrected chi connectivity index (χ1v) is 13.7. The lowest BCUT2D eigenvalue weighted by atomic mass is 9.31. The van der Waals surface area contributed by atoms with Crippen molar-refractivity contribution in [3.05, 3.63) is 0 Å². The molecule has 0 aromatic heterocycles. The molecule has 182 valence electrons. The zero-order chi connectivity index (χ0) is 23.3. The van der Waals surface area contributed by atoms with Gasteiger partial charge in [0.05, 0.1) is 11.5 Å². The van der Waals surface area contributed by atoms with Crippen LogP contribution in [0.3, 0.4) is 0 Å². The molecule has 0 aromatic rings. The van der Waals surface area contributed by atoms with Crippen molar-refractivity contribution in [2.75, 3.05) is 0 Å². The van der Waals surface area contributed by atoms with E-state index in [1.807, 2.05) is 0 Å². The molecule has 32 heavy (non-hydrogen) atoms. The minimum Gasteiger partial charge on any atom is -0.481 e. The van der Waals surface area contributed by atoms with Gasteiger partial charge >= 0.3 is 5.97 Å². The number of rotatable bonds is 1. The molecule has 3 nitrogen and oxygen atoms in total. The third-order valence-corrected chi connectivity index (χ3v) is 13.4. The van der Waals surface area contributed by atoms with E-state index in [0.29, 0.717) is 35.0 Å². The topological polar surface area (TPSA) is 57.5 Å². The molecule has 5 rings (SSSR count). The molecule has 5 aliphatic carbocycles. The Morgan fingerprint density at radius 2 is 1.47 bits per heavy atom. The third kappa shape index (κ3) is 2.67. The second-order valence-corrected chi connectivity index (χ2v) is 14.5. The van der Waals surface area contributed by atoms with Crippen LogP contribution in [0.25, 0.3) is 0 Å². The number of carboxylic acids is 1. The van der Waals surface area contributed by atoms with Gasteiger partial charge in [-0.25, -0.2) is 0 Å². The van der Waals surface area contributed by atoms with Crippen molar-refractivity contribution >= 4 is 5.97 Å². The molecule has 5 saturated carbocycles. The van der Waals surface area contributed by atoms with Gasteiger partial charge in [0, 0.05) is 0 Å². The molecule has 2 N–H and O–H groups in total. The Morgan fingerprint density at radius 3 is 2.16 bits per heavy atom. The van der Waals surface area contributed by atoms with Crippen LogP contribution in [0.2, 0.25) is 0 Å². The molecule has 0 radical (unpaired) electrons. The number of aliphatic hydroxyl groups is 1. The van der Waals surface area contributed by atoms with Gasteiger partial charge in [-0.1, -0.05) is 41.5 Å². The van der Waals surface area contributed by atoms with E-state index in [1.165, 1.54) is 25.7 Å². The number of aliphatic carboxylic acids is 1. The lowest BCUT2D eigenvalue weighted by molar-refractivity contribution is -0.253. The fraction of sp³-hybridized carbons (Fsp3) is 0.966. The molecule has 5 fully saturated rings. The average Bonchev–Trinajstić information content (AvgIpc) is 2.71. The normalized spacial score (nSPS) is 56.8. The zero-order valence-corrected chi connectivity index (χ0v) is 21.5. The summed E-state index contributed by atoms with van der Waals surface area (Å²) >= 11 is 0. The molecule has 0 heterocycles. The number of fused-ring (bicyclic) bond motifs is 7. The first-order valence-electron chi connectivity index (χ1n) is 13.7. The zero-order valence-electron chi connectivity index (χ0n) is 21.5. The second-order valence-electron chi connectivity index (χ2n) is 14.5. The quantitative estimate of drug-likeness (QED) is 0.461.